The van der Waals surface area contributed by atoms with Crippen molar-refractivity contribution in [2.75, 3.05) is 26.2 Å². The monoisotopic (exact) mass is 413 g/mol. The summed E-state index contributed by atoms with van der Waals surface area (Å²) in [6.45, 7) is 9.96. The molecule has 31 heavy (non-hydrogen) atoms. The molecule has 1 saturated heterocycles. The number of rotatable bonds is 7. The van der Waals surface area contributed by atoms with E-state index in [-0.39, 0.29) is 0 Å². The molecule has 0 bridgehead atoms. The van der Waals surface area contributed by atoms with Crippen LogP contribution in [0.25, 0.3) is 0 Å². The van der Waals surface area contributed by atoms with Gasteiger partial charge in [-0.3, -0.25) is 9.91 Å². The van der Waals surface area contributed by atoms with Crippen LogP contribution >= 0.6 is 0 Å². The summed E-state index contributed by atoms with van der Waals surface area (Å²) in [7, 11) is 0. The number of hydrogen-bond donors (Lipinski definition) is 0. The largest absolute Gasteiger partial charge is 0.489 e. The topological polar surface area (TPSA) is 28.1 Å². The van der Waals surface area contributed by atoms with E-state index < -0.39 is 0 Å². The third-order valence-electron chi connectivity index (χ3n) is 5.74. The molecule has 0 amide bonds. The summed E-state index contributed by atoms with van der Waals surface area (Å²) in [6, 6.07) is 25.1. The maximum absolute atomic E-state index is 5.86. The lowest BCUT2D eigenvalue weighted by Gasteiger charge is -2.33. The van der Waals surface area contributed by atoms with Crippen LogP contribution in [0.2, 0.25) is 0 Å². The SMILES string of the molecule is Cc1ccc(CN2CCN(N=Cc3ccc(OCc4ccccc4)cc3)CC2)c(C)c1. The minimum Gasteiger partial charge on any atom is -0.489 e. The second-order valence-electron chi connectivity index (χ2n) is 8.25. The highest BCUT2D eigenvalue weighted by molar-refractivity contribution is 5.79. The molecule has 0 saturated carbocycles. The van der Waals surface area contributed by atoms with Crippen LogP contribution in [-0.4, -0.2) is 42.3 Å². The first kappa shape index (κ1) is 21.1. The highest BCUT2D eigenvalue weighted by Gasteiger charge is 2.16. The van der Waals surface area contributed by atoms with Gasteiger partial charge in [0.25, 0.3) is 0 Å². The summed E-state index contributed by atoms with van der Waals surface area (Å²) in [5.41, 5.74) is 6.40. The number of hydrazone groups is 1. The highest BCUT2D eigenvalue weighted by Crippen LogP contribution is 2.16. The number of ether oxygens (including phenoxy) is 1. The van der Waals surface area contributed by atoms with Gasteiger partial charge in [-0.15, -0.1) is 0 Å². The van der Waals surface area contributed by atoms with Gasteiger partial charge >= 0.3 is 0 Å². The van der Waals surface area contributed by atoms with E-state index in [0.717, 1.165) is 44.0 Å². The van der Waals surface area contributed by atoms with Crippen LogP contribution in [0.15, 0.2) is 77.9 Å². The van der Waals surface area contributed by atoms with Gasteiger partial charge in [-0.25, -0.2) is 0 Å². The van der Waals surface area contributed by atoms with Crippen molar-refractivity contribution >= 4 is 6.21 Å². The van der Waals surface area contributed by atoms with Crippen molar-refractivity contribution in [3.63, 3.8) is 0 Å². The van der Waals surface area contributed by atoms with Gasteiger partial charge in [-0.05, 0) is 60.4 Å². The van der Waals surface area contributed by atoms with Gasteiger partial charge in [-0.1, -0.05) is 54.1 Å². The van der Waals surface area contributed by atoms with Crippen LogP contribution < -0.4 is 4.74 Å². The fourth-order valence-electron chi connectivity index (χ4n) is 3.81. The Kier molecular flexibility index (Phi) is 7.00. The summed E-state index contributed by atoms with van der Waals surface area (Å²) < 4.78 is 5.86. The molecule has 1 aliphatic rings. The Balaban J connectivity index is 1.23. The van der Waals surface area contributed by atoms with Gasteiger partial charge in [0.2, 0.25) is 0 Å². The molecule has 3 aromatic rings. The van der Waals surface area contributed by atoms with Gasteiger partial charge in [0.15, 0.2) is 0 Å². The van der Waals surface area contributed by atoms with E-state index in [9.17, 15) is 0 Å². The lowest BCUT2D eigenvalue weighted by molar-refractivity contribution is 0.131. The van der Waals surface area contributed by atoms with Gasteiger partial charge in [-0.2, -0.15) is 5.10 Å². The number of aryl methyl sites for hydroxylation is 2. The second-order valence-corrected chi connectivity index (χ2v) is 8.25. The van der Waals surface area contributed by atoms with Crippen molar-refractivity contribution in [2.24, 2.45) is 5.10 Å². The van der Waals surface area contributed by atoms with Gasteiger partial charge < -0.3 is 4.74 Å². The molecule has 1 fully saturated rings. The average molecular weight is 414 g/mol. The fraction of sp³-hybridized carbons (Fsp3) is 0.296. The molecule has 4 heteroatoms. The fourth-order valence-corrected chi connectivity index (χ4v) is 3.81. The molecular weight excluding hydrogens is 382 g/mol. The summed E-state index contributed by atoms with van der Waals surface area (Å²) in [5, 5.41) is 6.85. The van der Waals surface area contributed by atoms with Crippen LogP contribution in [0.3, 0.4) is 0 Å². The van der Waals surface area contributed by atoms with Crippen molar-refractivity contribution in [3.8, 4) is 5.75 Å². The molecule has 160 valence electrons. The summed E-state index contributed by atoms with van der Waals surface area (Å²) in [4.78, 5) is 2.52. The molecular formula is C27H31N3O. The molecule has 4 rings (SSSR count). The lowest BCUT2D eigenvalue weighted by atomic mass is 10.1. The maximum Gasteiger partial charge on any atom is 0.119 e. The minimum absolute atomic E-state index is 0.584. The molecule has 0 aliphatic carbocycles. The predicted molar refractivity (Wildman–Crippen MR) is 128 cm³/mol. The first-order valence-corrected chi connectivity index (χ1v) is 11.0. The molecule has 0 radical (unpaired) electrons. The van der Waals surface area contributed by atoms with Crippen molar-refractivity contribution in [1.82, 2.24) is 9.91 Å². The Morgan fingerprint density at radius 3 is 2.32 bits per heavy atom. The average Bonchev–Trinajstić information content (AvgIpc) is 2.80. The Morgan fingerprint density at radius 1 is 0.871 bits per heavy atom. The lowest BCUT2D eigenvalue weighted by Crippen LogP contribution is -2.43. The zero-order valence-corrected chi connectivity index (χ0v) is 18.5. The second kappa shape index (κ2) is 10.3. The minimum atomic E-state index is 0.584. The Morgan fingerprint density at radius 2 is 1.61 bits per heavy atom. The molecule has 0 aromatic heterocycles. The first-order chi connectivity index (χ1) is 15.2. The Hall–Kier alpha value is -3.11. The number of hydrogen-bond acceptors (Lipinski definition) is 4. The molecule has 0 unspecified atom stereocenters. The zero-order valence-electron chi connectivity index (χ0n) is 18.5. The molecule has 4 nitrogen and oxygen atoms in total. The van der Waals surface area contributed by atoms with Crippen LogP contribution in [0.1, 0.15) is 27.8 Å². The van der Waals surface area contributed by atoms with Crippen molar-refractivity contribution in [1.29, 1.82) is 0 Å². The molecule has 0 N–H and O–H groups in total. The summed E-state index contributed by atoms with van der Waals surface area (Å²) in [5.74, 6) is 0.876. The Labute approximate surface area is 185 Å². The van der Waals surface area contributed by atoms with Crippen molar-refractivity contribution in [2.45, 2.75) is 27.0 Å². The van der Waals surface area contributed by atoms with Gasteiger partial charge in [0.05, 0.1) is 6.21 Å². The number of nitrogens with zero attached hydrogens (tertiary/aromatic N) is 3. The predicted octanol–water partition coefficient (Wildman–Crippen LogP) is 5.03. The quantitative estimate of drug-likeness (QED) is 0.508. The van der Waals surface area contributed by atoms with E-state index in [1.807, 2.05) is 36.5 Å². The zero-order chi connectivity index (χ0) is 21.5. The van der Waals surface area contributed by atoms with Crippen molar-refractivity contribution in [3.05, 3.63) is 101 Å². The van der Waals surface area contributed by atoms with Crippen LogP contribution in [-0.2, 0) is 13.2 Å². The van der Waals surface area contributed by atoms with Crippen LogP contribution in [0, 0.1) is 13.8 Å². The van der Waals surface area contributed by atoms with Gasteiger partial charge in [0, 0.05) is 32.7 Å². The third kappa shape index (κ3) is 6.19. The smallest absolute Gasteiger partial charge is 0.119 e. The molecule has 0 spiro atoms. The van der Waals surface area contributed by atoms with Gasteiger partial charge in [0.1, 0.15) is 12.4 Å². The molecule has 3 aromatic carbocycles. The van der Waals surface area contributed by atoms with Crippen LogP contribution in [0.5, 0.6) is 5.75 Å². The third-order valence-corrected chi connectivity index (χ3v) is 5.74. The number of piperazine rings is 1. The maximum atomic E-state index is 5.86. The van der Waals surface area contributed by atoms with Crippen molar-refractivity contribution < 1.29 is 4.74 Å². The first-order valence-electron chi connectivity index (χ1n) is 11.0. The standard InChI is InChI=1S/C27H31N3O/c1-22-8-11-26(23(2)18-22)20-29-14-16-30(17-15-29)28-19-24-9-12-27(13-10-24)31-21-25-6-4-3-5-7-25/h3-13,18-19H,14-17,20-21H2,1-2H3. The molecule has 1 heterocycles. The molecule has 1 aliphatic heterocycles. The normalized spacial score (nSPS) is 14.8. The summed E-state index contributed by atoms with van der Waals surface area (Å²) in [6.07, 6.45) is 1.95. The van der Waals surface area contributed by atoms with E-state index in [1.165, 1.54) is 22.3 Å². The Bertz CT molecular complexity index is 991. The highest BCUT2D eigenvalue weighted by atomic mass is 16.5. The summed E-state index contributed by atoms with van der Waals surface area (Å²) >= 11 is 0. The molecule has 0 atom stereocenters. The van der Waals surface area contributed by atoms with E-state index in [1.54, 1.807) is 0 Å². The van der Waals surface area contributed by atoms with Crippen LogP contribution in [0.4, 0.5) is 0 Å². The van der Waals surface area contributed by atoms with E-state index >= 15 is 0 Å². The number of benzene rings is 3. The van der Waals surface area contributed by atoms with E-state index in [2.05, 4.69) is 71.3 Å². The van der Waals surface area contributed by atoms with E-state index in [4.69, 9.17) is 4.74 Å². The van der Waals surface area contributed by atoms with E-state index in [0.29, 0.717) is 6.61 Å².